The molecule has 4 nitrogen and oxygen atoms in total. The van der Waals surface area contributed by atoms with E-state index < -0.39 is 0 Å². The van der Waals surface area contributed by atoms with Crippen molar-refractivity contribution in [3.05, 3.63) is 42.2 Å². The molecule has 0 spiro atoms. The van der Waals surface area contributed by atoms with Crippen LogP contribution in [0.5, 0.6) is 5.75 Å². The lowest BCUT2D eigenvalue weighted by molar-refractivity contribution is 0.301. The second-order valence-electron chi connectivity index (χ2n) is 5.70. The van der Waals surface area contributed by atoms with E-state index >= 15 is 0 Å². The van der Waals surface area contributed by atoms with Crippen molar-refractivity contribution in [2.45, 2.75) is 65.0 Å². The third kappa shape index (κ3) is 6.29. The fourth-order valence-corrected chi connectivity index (χ4v) is 2.42. The van der Waals surface area contributed by atoms with E-state index in [0.29, 0.717) is 6.61 Å². The Morgan fingerprint density at radius 3 is 2.45 bits per heavy atom. The van der Waals surface area contributed by atoms with Crippen LogP contribution in [0.25, 0.3) is 0 Å². The van der Waals surface area contributed by atoms with Crippen LogP contribution in [0.3, 0.4) is 0 Å². The maximum Gasteiger partial charge on any atom is 0.134 e. The first-order valence-corrected chi connectivity index (χ1v) is 8.45. The van der Waals surface area contributed by atoms with Crippen LogP contribution in [-0.2, 0) is 13.2 Å². The quantitative estimate of drug-likeness (QED) is 0.569. The number of nitrogens with zero attached hydrogens (tertiary/aromatic N) is 3. The van der Waals surface area contributed by atoms with Crippen molar-refractivity contribution < 1.29 is 4.74 Å². The van der Waals surface area contributed by atoms with E-state index in [-0.39, 0.29) is 0 Å². The van der Waals surface area contributed by atoms with Crippen molar-refractivity contribution in [3.63, 3.8) is 0 Å². The summed E-state index contributed by atoms with van der Waals surface area (Å²) in [7, 11) is 0. The predicted molar refractivity (Wildman–Crippen MR) is 88.8 cm³/mol. The van der Waals surface area contributed by atoms with E-state index in [1.54, 1.807) is 0 Å². The van der Waals surface area contributed by atoms with Gasteiger partial charge in [-0.3, -0.25) is 4.68 Å². The molecule has 0 amide bonds. The van der Waals surface area contributed by atoms with Gasteiger partial charge in [0, 0.05) is 6.54 Å². The summed E-state index contributed by atoms with van der Waals surface area (Å²) < 4.78 is 7.60. The van der Waals surface area contributed by atoms with Crippen molar-refractivity contribution in [2.75, 3.05) is 0 Å². The van der Waals surface area contributed by atoms with Gasteiger partial charge in [0.1, 0.15) is 18.1 Å². The largest absolute Gasteiger partial charge is 0.487 e. The molecule has 0 N–H and O–H groups in total. The summed E-state index contributed by atoms with van der Waals surface area (Å²) >= 11 is 0. The number of hydrogen-bond donors (Lipinski definition) is 0. The fourth-order valence-electron chi connectivity index (χ4n) is 2.42. The van der Waals surface area contributed by atoms with Crippen LogP contribution in [0, 0.1) is 0 Å². The van der Waals surface area contributed by atoms with Gasteiger partial charge >= 0.3 is 0 Å². The van der Waals surface area contributed by atoms with Crippen molar-refractivity contribution in [2.24, 2.45) is 0 Å². The van der Waals surface area contributed by atoms with E-state index in [1.165, 1.54) is 44.9 Å². The number of benzene rings is 1. The SMILES string of the molecule is CCCCCCCCCn1cc(COc2ccccc2)nn1. The number of ether oxygens (including phenoxy) is 1. The van der Waals surface area contributed by atoms with Crippen LogP contribution in [-0.4, -0.2) is 15.0 Å². The third-order valence-electron chi connectivity index (χ3n) is 3.71. The van der Waals surface area contributed by atoms with E-state index in [2.05, 4.69) is 17.2 Å². The highest BCUT2D eigenvalue weighted by atomic mass is 16.5. The molecule has 4 heteroatoms. The average molecular weight is 301 g/mol. The maximum absolute atomic E-state index is 5.67. The summed E-state index contributed by atoms with van der Waals surface area (Å²) in [6, 6.07) is 9.80. The second kappa shape index (κ2) is 9.98. The molecule has 0 saturated heterocycles. The lowest BCUT2D eigenvalue weighted by atomic mass is 10.1. The summed E-state index contributed by atoms with van der Waals surface area (Å²) in [5.41, 5.74) is 0.881. The Bertz CT molecular complexity index is 510. The minimum absolute atomic E-state index is 0.473. The summed E-state index contributed by atoms with van der Waals surface area (Å²) in [4.78, 5) is 0. The van der Waals surface area contributed by atoms with Crippen LogP contribution < -0.4 is 4.74 Å². The fraction of sp³-hybridized carbons (Fsp3) is 0.556. The lowest BCUT2D eigenvalue weighted by Crippen LogP contribution is -1.98. The Hall–Kier alpha value is -1.84. The molecule has 22 heavy (non-hydrogen) atoms. The van der Waals surface area contributed by atoms with Gasteiger partial charge in [-0.25, -0.2) is 0 Å². The van der Waals surface area contributed by atoms with Crippen LogP contribution in [0.4, 0.5) is 0 Å². The number of aryl methyl sites for hydroxylation is 1. The van der Waals surface area contributed by atoms with Crippen LogP contribution in [0.15, 0.2) is 36.5 Å². The van der Waals surface area contributed by atoms with Crippen molar-refractivity contribution in [1.29, 1.82) is 0 Å². The van der Waals surface area contributed by atoms with Gasteiger partial charge in [-0.2, -0.15) is 0 Å². The molecule has 0 fully saturated rings. The van der Waals surface area contributed by atoms with E-state index in [9.17, 15) is 0 Å². The van der Waals surface area contributed by atoms with E-state index in [1.807, 2.05) is 41.2 Å². The maximum atomic E-state index is 5.67. The highest BCUT2D eigenvalue weighted by Gasteiger charge is 2.02. The molecular formula is C18H27N3O. The van der Waals surface area contributed by atoms with Crippen LogP contribution >= 0.6 is 0 Å². The molecule has 0 aliphatic rings. The van der Waals surface area contributed by atoms with Gasteiger partial charge in [-0.1, -0.05) is 68.9 Å². The third-order valence-corrected chi connectivity index (χ3v) is 3.71. The first kappa shape index (κ1) is 16.5. The summed E-state index contributed by atoms with van der Waals surface area (Å²) in [6.45, 7) is 3.68. The molecule has 0 aliphatic heterocycles. The van der Waals surface area contributed by atoms with E-state index in [0.717, 1.165) is 18.0 Å². The average Bonchev–Trinajstić information content (AvgIpc) is 3.01. The molecule has 1 heterocycles. The van der Waals surface area contributed by atoms with Gasteiger partial charge in [0.2, 0.25) is 0 Å². The van der Waals surface area contributed by atoms with Crippen LogP contribution in [0.2, 0.25) is 0 Å². The molecular weight excluding hydrogens is 274 g/mol. The minimum atomic E-state index is 0.473. The van der Waals surface area contributed by atoms with Gasteiger partial charge in [0.15, 0.2) is 0 Å². The van der Waals surface area contributed by atoms with E-state index in [4.69, 9.17) is 4.74 Å². The van der Waals surface area contributed by atoms with Gasteiger partial charge < -0.3 is 4.74 Å². The molecule has 0 radical (unpaired) electrons. The van der Waals surface area contributed by atoms with Crippen molar-refractivity contribution in [1.82, 2.24) is 15.0 Å². The molecule has 1 aromatic carbocycles. The Kier molecular flexibility index (Phi) is 7.50. The monoisotopic (exact) mass is 301 g/mol. The summed E-state index contributed by atoms with van der Waals surface area (Å²) in [5, 5.41) is 8.32. The number of rotatable bonds is 11. The molecule has 1 aromatic heterocycles. The van der Waals surface area contributed by atoms with Crippen LogP contribution in [0.1, 0.15) is 57.6 Å². The minimum Gasteiger partial charge on any atom is -0.487 e. The highest BCUT2D eigenvalue weighted by Crippen LogP contribution is 2.11. The summed E-state index contributed by atoms with van der Waals surface area (Å²) in [5.74, 6) is 0.865. The van der Waals surface area contributed by atoms with Gasteiger partial charge in [0.05, 0.1) is 6.20 Å². The Morgan fingerprint density at radius 1 is 0.955 bits per heavy atom. The number of aromatic nitrogens is 3. The molecule has 2 aromatic rings. The smallest absolute Gasteiger partial charge is 0.134 e. The van der Waals surface area contributed by atoms with Crippen molar-refractivity contribution >= 4 is 0 Å². The number of hydrogen-bond acceptors (Lipinski definition) is 3. The highest BCUT2D eigenvalue weighted by molar-refractivity contribution is 5.21. The standard InChI is InChI=1S/C18H27N3O/c1-2-3-4-5-6-7-11-14-21-15-17(19-20-21)16-22-18-12-9-8-10-13-18/h8-10,12-13,15H,2-7,11,14,16H2,1H3. The number of para-hydroxylation sites is 1. The molecule has 0 unspecified atom stereocenters. The lowest BCUT2D eigenvalue weighted by Gasteiger charge is -2.02. The number of unbranched alkanes of at least 4 members (excludes halogenated alkanes) is 6. The van der Waals surface area contributed by atoms with Gasteiger partial charge in [-0.15, -0.1) is 5.10 Å². The second-order valence-corrected chi connectivity index (χ2v) is 5.70. The normalized spacial score (nSPS) is 10.8. The molecule has 0 saturated carbocycles. The molecule has 2 rings (SSSR count). The zero-order valence-corrected chi connectivity index (χ0v) is 13.6. The Morgan fingerprint density at radius 2 is 1.68 bits per heavy atom. The predicted octanol–water partition coefficient (Wildman–Crippen LogP) is 4.61. The Labute approximate surface area is 133 Å². The molecule has 0 aliphatic carbocycles. The first-order valence-electron chi connectivity index (χ1n) is 8.45. The molecule has 0 atom stereocenters. The zero-order chi connectivity index (χ0) is 15.5. The topological polar surface area (TPSA) is 39.9 Å². The van der Waals surface area contributed by atoms with Gasteiger partial charge in [-0.05, 0) is 18.6 Å². The van der Waals surface area contributed by atoms with Gasteiger partial charge in [0.25, 0.3) is 0 Å². The Balaban J connectivity index is 1.60. The first-order chi connectivity index (χ1) is 10.9. The molecule has 120 valence electrons. The zero-order valence-electron chi connectivity index (χ0n) is 13.6. The van der Waals surface area contributed by atoms with Crippen molar-refractivity contribution in [3.8, 4) is 5.75 Å². The summed E-state index contributed by atoms with van der Waals surface area (Å²) in [6.07, 6.45) is 11.2. The molecule has 0 bridgehead atoms.